The largest absolute Gasteiger partial charge is 0.383 e. The van der Waals surface area contributed by atoms with Crippen molar-refractivity contribution in [3.05, 3.63) is 24.3 Å². The van der Waals surface area contributed by atoms with Gasteiger partial charge in [0.2, 0.25) is 0 Å². The molecule has 0 spiro atoms. The van der Waals surface area contributed by atoms with E-state index in [1.807, 2.05) is 14.1 Å². The molecule has 1 aromatic rings. The predicted molar refractivity (Wildman–Crippen MR) is 74.9 cm³/mol. The lowest BCUT2D eigenvalue weighted by Crippen LogP contribution is -2.30. The average molecular weight is 236 g/mol. The van der Waals surface area contributed by atoms with E-state index in [0.29, 0.717) is 12.0 Å². The highest BCUT2D eigenvalue weighted by Crippen LogP contribution is 2.19. The summed E-state index contributed by atoms with van der Waals surface area (Å²) in [5, 5.41) is 3.52. The van der Waals surface area contributed by atoms with Crippen LogP contribution in [-0.2, 0) is 4.74 Å². The van der Waals surface area contributed by atoms with Gasteiger partial charge in [-0.2, -0.15) is 0 Å². The first-order valence-electron chi connectivity index (χ1n) is 6.07. The van der Waals surface area contributed by atoms with Gasteiger partial charge in [0.25, 0.3) is 0 Å². The summed E-state index contributed by atoms with van der Waals surface area (Å²) in [6.45, 7) is 5.13. The molecule has 1 aromatic carbocycles. The minimum Gasteiger partial charge on any atom is -0.383 e. The molecule has 0 saturated carbocycles. The summed E-state index contributed by atoms with van der Waals surface area (Å²) in [4.78, 5) is 2.10. The summed E-state index contributed by atoms with van der Waals surface area (Å²) >= 11 is 0. The first-order valence-corrected chi connectivity index (χ1v) is 6.07. The van der Waals surface area contributed by atoms with E-state index in [1.165, 1.54) is 5.69 Å². The lowest BCUT2D eigenvalue weighted by molar-refractivity contribution is 0.171. The number of nitrogens with zero attached hydrogens (tertiary/aromatic N) is 1. The lowest BCUT2D eigenvalue weighted by Gasteiger charge is -2.23. The van der Waals surface area contributed by atoms with Crippen molar-refractivity contribution in [1.82, 2.24) is 0 Å². The normalized spacial score (nSPS) is 12.6. The first-order chi connectivity index (χ1) is 8.04. The number of hydrogen-bond donors (Lipinski definition) is 1. The Labute approximate surface area is 105 Å². The molecule has 0 saturated heterocycles. The molecule has 0 radical (unpaired) electrons. The molecule has 1 unspecified atom stereocenters. The molecule has 96 valence electrons. The van der Waals surface area contributed by atoms with Gasteiger partial charge >= 0.3 is 0 Å². The Morgan fingerprint density at radius 2 is 2.00 bits per heavy atom. The molecule has 3 nitrogen and oxygen atoms in total. The monoisotopic (exact) mass is 236 g/mol. The van der Waals surface area contributed by atoms with Gasteiger partial charge in [-0.3, -0.25) is 0 Å². The van der Waals surface area contributed by atoms with Crippen LogP contribution in [0, 0.1) is 5.92 Å². The Balaban J connectivity index is 2.75. The number of nitrogens with one attached hydrogen (secondary N) is 1. The summed E-state index contributed by atoms with van der Waals surface area (Å²) in [5.41, 5.74) is 2.35. The third-order valence-corrected chi connectivity index (χ3v) is 2.87. The molecule has 0 amide bonds. The number of methoxy groups -OCH3 is 1. The third-order valence-electron chi connectivity index (χ3n) is 2.87. The van der Waals surface area contributed by atoms with Crippen LogP contribution in [0.2, 0.25) is 0 Å². The summed E-state index contributed by atoms with van der Waals surface area (Å²) < 4.78 is 5.24. The van der Waals surface area contributed by atoms with Gasteiger partial charge in [0, 0.05) is 32.6 Å². The highest BCUT2D eigenvalue weighted by Gasteiger charge is 2.12. The van der Waals surface area contributed by atoms with Crippen LogP contribution in [0.25, 0.3) is 0 Å². The van der Waals surface area contributed by atoms with Crippen molar-refractivity contribution in [3.8, 4) is 0 Å². The Bertz CT molecular complexity index is 337. The fraction of sp³-hybridized carbons (Fsp3) is 0.571. The van der Waals surface area contributed by atoms with Crippen LogP contribution in [0.5, 0.6) is 0 Å². The van der Waals surface area contributed by atoms with E-state index in [1.54, 1.807) is 7.11 Å². The van der Waals surface area contributed by atoms with E-state index in [2.05, 4.69) is 48.3 Å². The molecular formula is C14H24N2O. The van der Waals surface area contributed by atoms with Crippen LogP contribution < -0.4 is 10.2 Å². The van der Waals surface area contributed by atoms with E-state index in [4.69, 9.17) is 4.74 Å². The zero-order valence-corrected chi connectivity index (χ0v) is 11.5. The van der Waals surface area contributed by atoms with Gasteiger partial charge in [0.05, 0.1) is 12.6 Å². The van der Waals surface area contributed by atoms with Crippen molar-refractivity contribution in [3.63, 3.8) is 0 Å². The van der Waals surface area contributed by atoms with Crippen molar-refractivity contribution in [2.24, 2.45) is 5.92 Å². The molecule has 1 N–H and O–H groups in total. The standard InChI is InChI=1S/C14H24N2O/c1-11(2)14(10-17-5)15-12-7-6-8-13(9-12)16(3)4/h6-9,11,14-15H,10H2,1-5H3. The number of benzene rings is 1. The molecule has 17 heavy (non-hydrogen) atoms. The third kappa shape index (κ3) is 4.27. The molecule has 0 fully saturated rings. The van der Waals surface area contributed by atoms with Crippen LogP contribution in [0.15, 0.2) is 24.3 Å². The lowest BCUT2D eigenvalue weighted by atomic mass is 10.0. The van der Waals surface area contributed by atoms with E-state index in [0.717, 1.165) is 12.3 Å². The van der Waals surface area contributed by atoms with E-state index >= 15 is 0 Å². The molecule has 1 rings (SSSR count). The molecule has 0 heterocycles. The van der Waals surface area contributed by atoms with E-state index < -0.39 is 0 Å². The maximum Gasteiger partial charge on any atom is 0.0666 e. The van der Waals surface area contributed by atoms with Crippen molar-refractivity contribution in [2.45, 2.75) is 19.9 Å². The minimum absolute atomic E-state index is 0.345. The Kier molecular flexibility index (Phi) is 5.29. The van der Waals surface area contributed by atoms with Crippen LogP contribution in [-0.4, -0.2) is 33.9 Å². The fourth-order valence-corrected chi connectivity index (χ4v) is 1.67. The zero-order chi connectivity index (χ0) is 12.8. The number of hydrogen-bond acceptors (Lipinski definition) is 3. The molecule has 0 aliphatic heterocycles. The number of anilines is 2. The Morgan fingerprint density at radius 3 is 2.53 bits per heavy atom. The van der Waals surface area contributed by atoms with Gasteiger partial charge < -0.3 is 15.0 Å². The highest BCUT2D eigenvalue weighted by molar-refractivity contribution is 5.57. The van der Waals surface area contributed by atoms with Crippen molar-refractivity contribution in [2.75, 3.05) is 38.0 Å². The van der Waals surface area contributed by atoms with Gasteiger partial charge in [-0.05, 0) is 24.1 Å². The van der Waals surface area contributed by atoms with Crippen LogP contribution in [0.1, 0.15) is 13.8 Å². The highest BCUT2D eigenvalue weighted by atomic mass is 16.5. The summed E-state index contributed by atoms with van der Waals surface area (Å²) in [6, 6.07) is 8.77. The minimum atomic E-state index is 0.345. The zero-order valence-electron chi connectivity index (χ0n) is 11.5. The van der Waals surface area contributed by atoms with Gasteiger partial charge in [-0.1, -0.05) is 19.9 Å². The SMILES string of the molecule is COCC(Nc1cccc(N(C)C)c1)C(C)C. The second-order valence-corrected chi connectivity index (χ2v) is 4.89. The quantitative estimate of drug-likeness (QED) is 0.822. The smallest absolute Gasteiger partial charge is 0.0666 e. The predicted octanol–water partition coefficient (Wildman–Crippen LogP) is 2.84. The van der Waals surface area contributed by atoms with Crippen molar-refractivity contribution < 1.29 is 4.74 Å². The summed E-state index contributed by atoms with van der Waals surface area (Å²) in [7, 11) is 5.84. The van der Waals surface area contributed by atoms with Gasteiger partial charge in [-0.15, -0.1) is 0 Å². The van der Waals surface area contributed by atoms with Crippen LogP contribution in [0.4, 0.5) is 11.4 Å². The summed E-state index contributed by atoms with van der Waals surface area (Å²) in [5.74, 6) is 0.540. The van der Waals surface area contributed by atoms with Gasteiger partial charge in [0.15, 0.2) is 0 Å². The maximum atomic E-state index is 5.24. The summed E-state index contributed by atoms with van der Waals surface area (Å²) in [6.07, 6.45) is 0. The Hall–Kier alpha value is -1.22. The first kappa shape index (κ1) is 13.8. The second-order valence-electron chi connectivity index (χ2n) is 4.89. The topological polar surface area (TPSA) is 24.5 Å². The maximum absolute atomic E-state index is 5.24. The van der Waals surface area contributed by atoms with Crippen LogP contribution >= 0.6 is 0 Å². The molecule has 0 aliphatic rings. The van der Waals surface area contributed by atoms with E-state index in [-0.39, 0.29) is 0 Å². The number of ether oxygens (including phenoxy) is 1. The molecule has 0 aliphatic carbocycles. The fourth-order valence-electron chi connectivity index (χ4n) is 1.67. The molecular weight excluding hydrogens is 212 g/mol. The van der Waals surface area contributed by atoms with Crippen LogP contribution in [0.3, 0.4) is 0 Å². The van der Waals surface area contributed by atoms with Crippen molar-refractivity contribution in [1.29, 1.82) is 0 Å². The molecule has 1 atom stereocenters. The van der Waals surface area contributed by atoms with Gasteiger partial charge in [0.1, 0.15) is 0 Å². The molecule has 0 bridgehead atoms. The number of rotatable bonds is 6. The Morgan fingerprint density at radius 1 is 1.29 bits per heavy atom. The average Bonchev–Trinajstić information content (AvgIpc) is 2.28. The second kappa shape index (κ2) is 6.50. The van der Waals surface area contributed by atoms with Gasteiger partial charge in [-0.25, -0.2) is 0 Å². The van der Waals surface area contributed by atoms with Crippen molar-refractivity contribution >= 4 is 11.4 Å². The molecule has 3 heteroatoms. The molecule has 0 aromatic heterocycles. The van der Waals surface area contributed by atoms with E-state index in [9.17, 15) is 0 Å².